The number of carbonyl (C=O) groups is 4. The Morgan fingerprint density at radius 3 is 2.33 bits per heavy atom. The van der Waals surface area contributed by atoms with Crippen molar-refractivity contribution in [1.29, 1.82) is 0 Å². The molecule has 0 aromatic heterocycles. The summed E-state index contributed by atoms with van der Waals surface area (Å²) in [5.74, 6) is -2.26. The van der Waals surface area contributed by atoms with Crippen molar-refractivity contribution in [3.63, 3.8) is 0 Å². The number of rotatable bonds is 14. The number of aliphatic imine (C=N–C) groups is 2. The van der Waals surface area contributed by atoms with Crippen molar-refractivity contribution in [2.75, 3.05) is 38.0 Å². The van der Waals surface area contributed by atoms with Crippen LogP contribution in [0.25, 0.3) is 0 Å². The maximum atomic E-state index is 13.0. The van der Waals surface area contributed by atoms with E-state index in [2.05, 4.69) is 36.2 Å². The van der Waals surface area contributed by atoms with Gasteiger partial charge in [-0.1, -0.05) is 30.9 Å². The summed E-state index contributed by atoms with van der Waals surface area (Å²) in [6.07, 6.45) is 8.37. The van der Waals surface area contributed by atoms with Gasteiger partial charge >= 0.3 is 11.8 Å². The summed E-state index contributed by atoms with van der Waals surface area (Å²) in [4.78, 5) is 60.3. The quantitative estimate of drug-likeness (QED) is 0.0572. The predicted octanol–water partition coefficient (Wildman–Crippen LogP) is -0.120. The van der Waals surface area contributed by atoms with Gasteiger partial charge in [0.2, 0.25) is 11.8 Å². The molecule has 1 unspecified atom stereocenters. The van der Waals surface area contributed by atoms with Gasteiger partial charge in [0.25, 0.3) is 0 Å². The molecular formula is C30H48ClN11O4. The van der Waals surface area contributed by atoms with Crippen LogP contribution in [0, 0.1) is 0 Å². The minimum Gasteiger partial charge on any atom is -0.370 e. The molecule has 16 heteroatoms. The van der Waals surface area contributed by atoms with Crippen molar-refractivity contribution in [2.45, 2.75) is 81.8 Å². The Morgan fingerprint density at radius 1 is 0.935 bits per heavy atom. The van der Waals surface area contributed by atoms with Gasteiger partial charge in [0.1, 0.15) is 12.6 Å². The van der Waals surface area contributed by atoms with Gasteiger partial charge in [0, 0.05) is 48.5 Å². The van der Waals surface area contributed by atoms with Gasteiger partial charge in [0.15, 0.2) is 11.9 Å². The molecule has 1 aliphatic carbocycles. The van der Waals surface area contributed by atoms with Crippen molar-refractivity contribution >= 4 is 52.8 Å². The average Bonchev–Trinajstić information content (AvgIpc) is 3.01. The number of guanidine groups is 2. The molecule has 2 fully saturated rings. The zero-order valence-corrected chi connectivity index (χ0v) is 27.0. The van der Waals surface area contributed by atoms with E-state index in [9.17, 15) is 19.2 Å². The first-order chi connectivity index (χ1) is 22.0. The van der Waals surface area contributed by atoms with E-state index in [4.69, 9.17) is 34.5 Å². The smallest absolute Gasteiger partial charge is 0.313 e. The Kier molecular flexibility index (Phi) is 14.3. The van der Waals surface area contributed by atoms with Crippen molar-refractivity contribution in [3.05, 3.63) is 29.3 Å². The van der Waals surface area contributed by atoms with Crippen LogP contribution >= 0.6 is 11.6 Å². The molecule has 0 bridgehead atoms. The van der Waals surface area contributed by atoms with Crippen LogP contribution in [0.3, 0.4) is 0 Å². The van der Waals surface area contributed by atoms with Crippen LogP contribution in [0.15, 0.2) is 34.3 Å². The summed E-state index contributed by atoms with van der Waals surface area (Å²) < 4.78 is 0. The molecule has 1 aliphatic heterocycles. The van der Waals surface area contributed by atoms with Gasteiger partial charge < -0.3 is 44.2 Å². The second-order valence-electron chi connectivity index (χ2n) is 11.8. The van der Waals surface area contributed by atoms with E-state index in [0.29, 0.717) is 56.0 Å². The molecule has 1 aromatic carbocycles. The molecule has 46 heavy (non-hydrogen) atoms. The summed E-state index contributed by atoms with van der Waals surface area (Å²) in [6, 6.07) is 5.70. The Hall–Kier alpha value is -4.11. The molecule has 4 amide bonds. The topological polar surface area (TPSA) is 248 Å². The Morgan fingerprint density at radius 2 is 1.65 bits per heavy atom. The summed E-state index contributed by atoms with van der Waals surface area (Å²) in [5, 5.41) is 11.8. The zero-order valence-electron chi connectivity index (χ0n) is 26.2. The minimum atomic E-state index is -0.744. The van der Waals surface area contributed by atoms with E-state index in [1.165, 1.54) is 0 Å². The first-order valence-electron chi connectivity index (χ1n) is 15.8. The Bertz CT molecular complexity index is 1240. The fourth-order valence-electron chi connectivity index (χ4n) is 6.19. The van der Waals surface area contributed by atoms with Gasteiger partial charge in [-0.25, -0.2) is 9.98 Å². The fraction of sp³-hybridized carbons (Fsp3) is 0.600. The van der Waals surface area contributed by atoms with Gasteiger partial charge in [-0.15, -0.1) is 0 Å². The molecule has 2 aliphatic rings. The number of hydrogen-bond donors (Lipinski definition) is 8. The number of likely N-dealkylation sites (tertiary alicyclic amines) is 1. The number of piperidine rings is 1. The van der Waals surface area contributed by atoms with Gasteiger partial charge in [-0.05, 0) is 69.2 Å². The first-order valence-corrected chi connectivity index (χ1v) is 16.2. The van der Waals surface area contributed by atoms with E-state index in [0.717, 1.165) is 45.1 Å². The van der Waals surface area contributed by atoms with Crippen molar-refractivity contribution < 1.29 is 19.2 Å². The molecule has 1 aromatic rings. The van der Waals surface area contributed by atoms with Crippen LogP contribution in [-0.4, -0.2) is 90.8 Å². The standard InChI is InChI=1S/C30H48ClN11O4/c31-20-7-9-21(10-8-20)39-26(45)27(46)40-22-11-16-42(30(18-22)12-3-1-4-13-30)17-15-37-25(44)23(41-29(34)35)6-2-5-14-36-24(43)19-38-28(32)33/h7-10,22-23H,1-6,11-19H2,(H,36,43)(H,37,44)(H,39,45)(H,40,46)(H4,32,33,38)(H4,34,35,41)/t22?,23-/m0/s1. The molecule has 2 atom stereocenters. The number of nitrogens with one attached hydrogen (secondary N) is 4. The van der Waals surface area contributed by atoms with Gasteiger partial charge in [-0.3, -0.25) is 24.1 Å². The van der Waals surface area contributed by atoms with Crippen LogP contribution in [0.1, 0.15) is 64.2 Å². The highest BCUT2D eigenvalue weighted by atomic mass is 35.5. The van der Waals surface area contributed by atoms with E-state index in [1.807, 2.05) is 0 Å². The highest BCUT2D eigenvalue weighted by Gasteiger charge is 2.43. The number of halogens is 1. The van der Waals surface area contributed by atoms with E-state index < -0.39 is 17.9 Å². The molecule has 1 saturated heterocycles. The first kappa shape index (κ1) is 36.4. The number of anilines is 1. The highest BCUT2D eigenvalue weighted by Crippen LogP contribution is 2.40. The second kappa shape index (κ2) is 18.1. The van der Waals surface area contributed by atoms with Crippen molar-refractivity contribution in [2.24, 2.45) is 32.9 Å². The number of carbonyl (C=O) groups excluding carboxylic acids is 4. The summed E-state index contributed by atoms with van der Waals surface area (Å²) in [5.41, 5.74) is 22.0. The number of hydrogen-bond acceptors (Lipinski definition) is 7. The lowest BCUT2D eigenvalue weighted by Crippen LogP contribution is -2.60. The third-order valence-corrected chi connectivity index (χ3v) is 8.64. The predicted molar refractivity (Wildman–Crippen MR) is 179 cm³/mol. The normalized spacial score (nSPS) is 18.1. The van der Waals surface area contributed by atoms with Crippen molar-refractivity contribution in [1.82, 2.24) is 20.9 Å². The maximum absolute atomic E-state index is 13.0. The van der Waals surface area contributed by atoms with Crippen LogP contribution in [0.2, 0.25) is 5.02 Å². The maximum Gasteiger partial charge on any atom is 0.313 e. The number of nitrogens with zero attached hydrogens (tertiary/aromatic N) is 3. The summed E-state index contributed by atoms with van der Waals surface area (Å²) >= 11 is 5.90. The average molecular weight is 662 g/mol. The molecule has 1 saturated carbocycles. The zero-order chi connectivity index (χ0) is 33.5. The lowest BCUT2D eigenvalue weighted by atomic mass is 9.73. The number of unbranched alkanes of at least 4 members (excludes halogenated alkanes) is 1. The van der Waals surface area contributed by atoms with Gasteiger partial charge in [-0.2, -0.15) is 0 Å². The van der Waals surface area contributed by atoms with Crippen LogP contribution in [0.4, 0.5) is 5.69 Å². The number of nitrogens with two attached hydrogens (primary N) is 4. The number of benzene rings is 1. The fourth-order valence-corrected chi connectivity index (χ4v) is 6.31. The molecule has 12 N–H and O–H groups in total. The highest BCUT2D eigenvalue weighted by molar-refractivity contribution is 6.39. The monoisotopic (exact) mass is 661 g/mol. The van der Waals surface area contributed by atoms with E-state index in [-0.39, 0.29) is 41.9 Å². The Balaban J connectivity index is 1.47. The molecule has 254 valence electrons. The summed E-state index contributed by atoms with van der Waals surface area (Å²) in [7, 11) is 0. The SMILES string of the molecule is NC(N)=NCC(=O)NCCCC[C@H](N=C(N)N)C(=O)NCCN1CCC(NC(=O)C(=O)Nc2ccc(Cl)cc2)CC12CCCCC2. The molecule has 3 rings (SSSR count). The third-order valence-electron chi connectivity index (χ3n) is 8.39. The summed E-state index contributed by atoms with van der Waals surface area (Å²) in [6.45, 7) is 2.04. The number of amides is 4. The molecule has 1 spiro atoms. The van der Waals surface area contributed by atoms with Crippen LogP contribution in [0.5, 0.6) is 0 Å². The van der Waals surface area contributed by atoms with Crippen LogP contribution in [-0.2, 0) is 19.2 Å². The van der Waals surface area contributed by atoms with Crippen LogP contribution < -0.4 is 44.2 Å². The largest absolute Gasteiger partial charge is 0.370 e. The van der Waals surface area contributed by atoms with Crippen molar-refractivity contribution in [3.8, 4) is 0 Å². The Labute approximate surface area is 274 Å². The molecule has 15 nitrogen and oxygen atoms in total. The lowest BCUT2D eigenvalue weighted by molar-refractivity contribution is -0.137. The minimum absolute atomic E-state index is 0.114. The van der Waals surface area contributed by atoms with E-state index >= 15 is 0 Å². The third kappa shape index (κ3) is 12.0. The van der Waals surface area contributed by atoms with E-state index in [1.54, 1.807) is 24.3 Å². The van der Waals surface area contributed by atoms with Gasteiger partial charge in [0.05, 0.1) is 0 Å². The molecule has 0 radical (unpaired) electrons. The molecular weight excluding hydrogens is 614 g/mol. The molecule has 1 heterocycles. The second-order valence-corrected chi connectivity index (χ2v) is 12.3. The lowest BCUT2D eigenvalue weighted by Gasteiger charge is -2.52.